The maximum absolute atomic E-state index is 12.3. The molecule has 0 heterocycles. The van der Waals surface area contributed by atoms with Gasteiger partial charge in [-0.3, -0.25) is 14.2 Å². The van der Waals surface area contributed by atoms with Gasteiger partial charge < -0.3 is 19.5 Å². The van der Waals surface area contributed by atoms with Crippen LogP contribution in [-0.4, -0.2) is 37.3 Å². The van der Waals surface area contributed by atoms with E-state index in [4.69, 9.17) is 14.8 Å². The van der Waals surface area contributed by atoms with Crippen LogP contribution in [-0.2, 0) is 28.0 Å². The number of amides is 1. The highest BCUT2D eigenvalue weighted by atomic mass is 31.2. The summed E-state index contributed by atoms with van der Waals surface area (Å²) < 4.78 is 26.8. The summed E-state index contributed by atoms with van der Waals surface area (Å²) in [4.78, 5) is 26.9. The minimum absolute atomic E-state index is 0.0125. The molecule has 0 unspecified atom stereocenters. The Kier molecular flexibility index (Phi) is 8.84. The lowest BCUT2D eigenvalue weighted by Crippen LogP contribution is -2.26. The van der Waals surface area contributed by atoms with Gasteiger partial charge in [0.2, 0.25) is 0 Å². The number of hydrogen-bond donors (Lipinski definition) is 1. The van der Waals surface area contributed by atoms with Crippen molar-refractivity contribution in [3.8, 4) is 0 Å². The number of primary amides is 1. The molecule has 21 heavy (non-hydrogen) atoms. The van der Waals surface area contributed by atoms with Crippen molar-refractivity contribution < 1.29 is 32.8 Å². The molecule has 0 fully saturated rings. The molecular weight excluding hydrogens is 303 g/mol. The molecule has 0 bridgehead atoms. The summed E-state index contributed by atoms with van der Waals surface area (Å²) in [6.07, 6.45) is -1.15. The molecule has 10 heteroatoms. The van der Waals surface area contributed by atoms with Crippen LogP contribution in [0.3, 0.4) is 0 Å². The Morgan fingerprint density at radius 3 is 2.10 bits per heavy atom. The molecule has 122 valence electrons. The number of rotatable bonds is 9. The van der Waals surface area contributed by atoms with E-state index in [-0.39, 0.29) is 25.7 Å². The third kappa shape index (κ3) is 7.22. The number of carbonyl (C=O) groups excluding carboxylic acids is 2. The molecule has 0 rings (SSSR count). The lowest BCUT2D eigenvalue weighted by atomic mass is 10.2. The first-order chi connectivity index (χ1) is 9.76. The first-order valence-electron chi connectivity index (χ1n) is 6.38. The molecule has 0 aromatic carbocycles. The van der Waals surface area contributed by atoms with Gasteiger partial charge in [-0.15, -0.1) is 0 Å². The summed E-state index contributed by atoms with van der Waals surface area (Å²) in [5, 5.41) is 3.16. The second-order valence-corrected chi connectivity index (χ2v) is 6.09. The summed E-state index contributed by atoms with van der Waals surface area (Å²) >= 11 is 0. The number of carbonyl (C=O) groups is 2. The third-order valence-electron chi connectivity index (χ3n) is 1.82. The molecular formula is C11H21N2O7P. The van der Waals surface area contributed by atoms with Gasteiger partial charge in [0.05, 0.1) is 19.8 Å². The average Bonchev–Trinajstić information content (AvgIpc) is 2.36. The van der Waals surface area contributed by atoms with Gasteiger partial charge in [-0.05, 0) is 19.8 Å². The monoisotopic (exact) mass is 324 g/mol. The second-order valence-electron chi connectivity index (χ2n) is 4.16. The van der Waals surface area contributed by atoms with Crippen LogP contribution < -0.4 is 5.73 Å². The maximum atomic E-state index is 12.3. The highest BCUT2D eigenvalue weighted by Gasteiger charge is 2.37. The molecule has 0 saturated carbocycles. The highest BCUT2D eigenvalue weighted by Crippen LogP contribution is 2.49. The Bertz CT molecular complexity index is 426. The van der Waals surface area contributed by atoms with E-state index < -0.39 is 25.1 Å². The average molecular weight is 324 g/mol. The van der Waals surface area contributed by atoms with Crippen LogP contribution in [0.5, 0.6) is 0 Å². The van der Waals surface area contributed by atoms with Crippen molar-refractivity contribution in [3.05, 3.63) is 0 Å². The summed E-state index contributed by atoms with van der Waals surface area (Å²) in [5.41, 5.74) is 4.26. The van der Waals surface area contributed by atoms with Crippen LogP contribution >= 0.6 is 7.60 Å². The van der Waals surface area contributed by atoms with Gasteiger partial charge in [-0.2, -0.15) is 0 Å². The van der Waals surface area contributed by atoms with Gasteiger partial charge >= 0.3 is 13.8 Å². The van der Waals surface area contributed by atoms with Crippen LogP contribution in [0, 0.1) is 5.92 Å². The quantitative estimate of drug-likeness (QED) is 0.225. The lowest BCUT2D eigenvalue weighted by Gasteiger charge is -2.16. The van der Waals surface area contributed by atoms with Crippen molar-refractivity contribution in [1.82, 2.24) is 0 Å². The van der Waals surface area contributed by atoms with E-state index in [1.165, 1.54) is 0 Å². The second kappa shape index (κ2) is 9.49. The number of hydrogen-bond acceptors (Lipinski definition) is 8. The Balaban J connectivity index is 5.02. The minimum atomic E-state index is -4.04. The molecule has 1 amide bonds. The Morgan fingerprint density at radius 2 is 1.71 bits per heavy atom. The zero-order valence-corrected chi connectivity index (χ0v) is 13.4. The summed E-state index contributed by atoms with van der Waals surface area (Å²) in [7, 11) is -4.04. The first kappa shape index (κ1) is 19.6. The zero-order valence-electron chi connectivity index (χ0n) is 12.5. The van der Waals surface area contributed by atoms with E-state index in [0.717, 1.165) is 0 Å². The minimum Gasteiger partial charge on any atom is -0.432 e. The number of nitrogens with zero attached hydrogens (tertiary/aromatic N) is 1. The largest absolute Gasteiger partial charge is 0.535 e. The van der Waals surface area contributed by atoms with Gasteiger partial charge in [0.1, 0.15) is 0 Å². The molecule has 0 saturated heterocycles. The van der Waals surface area contributed by atoms with E-state index in [1.807, 2.05) is 13.8 Å². The summed E-state index contributed by atoms with van der Waals surface area (Å²) in [6, 6.07) is 0. The van der Waals surface area contributed by atoms with Gasteiger partial charge in [-0.25, -0.2) is 4.79 Å². The Labute approximate surface area is 123 Å². The van der Waals surface area contributed by atoms with Gasteiger partial charge in [0, 0.05) is 0 Å². The smallest absolute Gasteiger partial charge is 0.432 e. The highest BCUT2D eigenvalue weighted by molar-refractivity contribution is 7.75. The lowest BCUT2D eigenvalue weighted by molar-refractivity contribution is -0.111. The van der Waals surface area contributed by atoms with Crippen LogP contribution in [0.1, 0.15) is 27.7 Å². The fraction of sp³-hybridized carbons (Fsp3) is 0.727. The molecule has 9 nitrogen and oxygen atoms in total. The van der Waals surface area contributed by atoms with Crippen molar-refractivity contribution in [3.63, 3.8) is 0 Å². The first-order valence-corrected chi connectivity index (χ1v) is 7.92. The fourth-order valence-corrected chi connectivity index (χ4v) is 2.48. The molecule has 2 N–H and O–H groups in total. The van der Waals surface area contributed by atoms with Crippen molar-refractivity contribution in [2.75, 3.05) is 19.8 Å². The SMILES string of the molecule is CCOP(=O)(OCC)C(=NOC(=O)OCC(C)C)C(N)=O. The van der Waals surface area contributed by atoms with E-state index in [2.05, 4.69) is 14.7 Å². The number of nitrogens with two attached hydrogens (primary N) is 1. The Hall–Kier alpha value is -1.44. The van der Waals surface area contributed by atoms with Crippen molar-refractivity contribution in [2.24, 2.45) is 16.8 Å². The Morgan fingerprint density at radius 1 is 1.19 bits per heavy atom. The predicted octanol–water partition coefficient (Wildman–Crippen LogP) is 1.86. The van der Waals surface area contributed by atoms with Crippen molar-refractivity contribution in [1.29, 1.82) is 0 Å². The van der Waals surface area contributed by atoms with Crippen LogP contribution in [0.4, 0.5) is 4.79 Å². The van der Waals surface area contributed by atoms with Crippen LogP contribution in [0.25, 0.3) is 0 Å². The predicted molar refractivity (Wildman–Crippen MR) is 74.8 cm³/mol. The van der Waals surface area contributed by atoms with Crippen LogP contribution in [0.15, 0.2) is 5.16 Å². The van der Waals surface area contributed by atoms with E-state index in [9.17, 15) is 14.2 Å². The molecule has 0 aliphatic carbocycles. The maximum Gasteiger partial charge on any atom is 0.535 e. The van der Waals surface area contributed by atoms with Crippen molar-refractivity contribution in [2.45, 2.75) is 27.7 Å². The topological polar surface area (TPSA) is 127 Å². The number of ether oxygens (including phenoxy) is 1. The zero-order chi connectivity index (χ0) is 16.5. The molecule has 0 aromatic heterocycles. The molecule has 0 radical (unpaired) electrons. The fourth-order valence-electron chi connectivity index (χ4n) is 1.07. The number of oxime groups is 1. The molecule has 0 aromatic rings. The van der Waals surface area contributed by atoms with Gasteiger partial charge in [-0.1, -0.05) is 19.0 Å². The van der Waals surface area contributed by atoms with Crippen molar-refractivity contribution >= 4 is 25.1 Å². The standard InChI is InChI=1S/C11H21N2O7P/c1-5-18-21(16,19-6-2)10(9(12)14)13-20-11(15)17-7-8(3)4/h8H,5-7H2,1-4H3,(H2,12,14). The molecule has 0 aliphatic rings. The molecule has 0 aliphatic heterocycles. The third-order valence-corrected chi connectivity index (χ3v) is 3.84. The van der Waals surface area contributed by atoms with E-state index >= 15 is 0 Å². The van der Waals surface area contributed by atoms with Gasteiger partial charge in [0.25, 0.3) is 11.4 Å². The molecule has 0 atom stereocenters. The van der Waals surface area contributed by atoms with E-state index in [0.29, 0.717) is 0 Å². The van der Waals surface area contributed by atoms with Gasteiger partial charge in [0.15, 0.2) is 0 Å². The summed E-state index contributed by atoms with van der Waals surface area (Å²) in [5.74, 6) is -1.09. The normalized spacial score (nSPS) is 12.3. The van der Waals surface area contributed by atoms with Crippen LogP contribution in [0.2, 0.25) is 0 Å². The molecule has 0 spiro atoms. The summed E-state index contributed by atoms with van der Waals surface area (Å²) in [6.45, 7) is 6.81. The van der Waals surface area contributed by atoms with E-state index in [1.54, 1.807) is 13.8 Å².